The maximum atomic E-state index is 13.1. The van der Waals surface area contributed by atoms with Crippen molar-refractivity contribution in [1.29, 1.82) is 0 Å². The van der Waals surface area contributed by atoms with E-state index >= 15 is 0 Å². The molecule has 2 aromatic carbocycles. The van der Waals surface area contributed by atoms with Gasteiger partial charge in [-0.3, -0.25) is 0 Å². The predicted molar refractivity (Wildman–Crippen MR) is 90.3 cm³/mol. The van der Waals surface area contributed by atoms with Gasteiger partial charge in [0.2, 0.25) is 0 Å². The number of rotatable bonds is 6. The highest BCUT2D eigenvalue weighted by atomic mass is 79.9. The summed E-state index contributed by atoms with van der Waals surface area (Å²) in [5.74, 6) is -0.213. The Labute approximate surface area is 138 Å². The lowest BCUT2D eigenvalue weighted by Crippen LogP contribution is -2.24. The first-order valence-corrected chi connectivity index (χ1v) is 8.20. The van der Waals surface area contributed by atoms with Crippen molar-refractivity contribution in [3.05, 3.63) is 68.9 Å². The summed E-state index contributed by atoms with van der Waals surface area (Å²) in [6.45, 7) is 3.04. The molecule has 0 fully saturated rings. The lowest BCUT2D eigenvalue weighted by Gasteiger charge is -2.20. The molecular weight excluding hydrogens is 353 g/mol. The van der Waals surface area contributed by atoms with Crippen LogP contribution in [0.3, 0.4) is 0 Å². The standard InChI is InChI=1S/C17H18BrClFN/c1-2-9-21-17(12-4-7-15(20)8-5-12)10-13-3-6-14(18)11-16(13)19/h3-8,11,17,21H,2,9-10H2,1H3. The molecule has 21 heavy (non-hydrogen) atoms. The Kier molecular flexibility index (Phi) is 6.22. The molecule has 0 radical (unpaired) electrons. The Morgan fingerprint density at radius 3 is 2.52 bits per heavy atom. The summed E-state index contributed by atoms with van der Waals surface area (Å²) < 4.78 is 14.1. The summed E-state index contributed by atoms with van der Waals surface area (Å²) in [5.41, 5.74) is 2.15. The molecule has 4 heteroatoms. The summed E-state index contributed by atoms with van der Waals surface area (Å²) in [7, 11) is 0. The second-order valence-corrected chi connectivity index (χ2v) is 6.32. The molecular formula is C17H18BrClFN. The third-order valence-corrected chi connectivity index (χ3v) is 4.20. The van der Waals surface area contributed by atoms with E-state index in [9.17, 15) is 4.39 Å². The maximum Gasteiger partial charge on any atom is 0.123 e. The molecule has 0 saturated heterocycles. The van der Waals surface area contributed by atoms with Crippen molar-refractivity contribution in [3.8, 4) is 0 Å². The van der Waals surface area contributed by atoms with E-state index < -0.39 is 0 Å². The molecule has 1 unspecified atom stereocenters. The number of hydrogen-bond acceptors (Lipinski definition) is 1. The quantitative estimate of drug-likeness (QED) is 0.705. The summed E-state index contributed by atoms with van der Waals surface area (Å²) in [6.07, 6.45) is 1.82. The zero-order valence-electron chi connectivity index (χ0n) is 11.9. The second-order valence-electron chi connectivity index (χ2n) is 5.00. The average Bonchev–Trinajstić information content (AvgIpc) is 2.46. The van der Waals surface area contributed by atoms with E-state index in [1.165, 1.54) is 12.1 Å². The van der Waals surface area contributed by atoms with E-state index in [2.05, 4.69) is 28.2 Å². The van der Waals surface area contributed by atoms with Gasteiger partial charge in [-0.25, -0.2) is 4.39 Å². The normalized spacial score (nSPS) is 12.4. The SMILES string of the molecule is CCCNC(Cc1ccc(Br)cc1Cl)c1ccc(F)cc1. The number of nitrogens with one attached hydrogen (secondary N) is 1. The van der Waals surface area contributed by atoms with Crippen molar-refractivity contribution in [2.75, 3.05) is 6.54 Å². The minimum absolute atomic E-state index is 0.129. The van der Waals surface area contributed by atoms with Gasteiger partial charge in [0.05, 0.1) is 0 Å². The molecule has 0 amide bonds. The fourth-order valence-electron chi connectivity index (χ4n) is 2.23. The van der Waals surface area contributed by atoms with E-state index in [0.717, 1.165) is 40.0 Å². The minimum Gasteiger partial charge on any atom is -0.310 e. The van der Waals surface area contributed by atoms with Gasteiger partial charge in [0.15, 0.2) is 0 Å². The van der Waals surface area contributed by atoms with E-state index in [4.69, 9.17) is 11.6 Å². The number of hydrogen-bond donors (Lipinski definition) is 1. The Morgan fingerprint density at radius 1 is 1.19 bits per heavy atom. The van der Waals surface area contributed by atoms with Crippen molar-refractivity contribution >= 4 is 27.5 Å². The van der Waals surface area contributed by atoms with Gasteiger partial charge in [-0.05, 0) is 54.8 Å². The number of benzene rings is 2. The molecule has 0 bridgehead atoms. The van der Waals surface area contributed by atoms with Crippen LogP contribution in [0.25, 0.3) is 0 Å². The summed E-state index contributed by atoms with van der Waals surface area (Å²) >= 11 is 9.72. The molecule has 112 valence electrons. The van der Waals surface area contributed by atoms with Gasteiger partial charge >= 0.3 is 0 Å². The number of halogens is 3. The second kappa shape index (κ2) is 7.92. The van der Waals surface area contributed by atoms with Gasteiger partial charge in [-0.15, -0.1) is 0 Å². The van der Waals surface area contributed by atoms with E-state index in [-0.39, 0.29) is 11.9 Å². The summed E-state index contributed by atoms with van der Waals surface area (Å²) in [5, 5.41) is 4.25. The molecule has 0 spiro atoms. The van der Waals surface area contributed by atoms with Crippen LogP contribution in [0.5, 0.6) is 0 Å². The lowest BCUT2D eigenvalue weighted by molar-refractivity contribution is 0.527. The Morgan fingerprint density at radius 2 is 1.90 bits per heavy atom. The van der Waals surface area contributed by atoms with Crippen LogP contribution in [-0.4, -0.2) is 6.54 Å². The minimum atomic E-state index is -0.213. The molecule has 0 aliphatic heterocycles. The molecule has 1 atom stereocenters. The van der Waals surface area contributed by atoms with E-state index in [1.807, 2.05) is 30.3 Å². The third kappa shape index (κ3) is 4.80. The van der Waals surface area contributed by atoms with Gasteiger partial charge in [0, 0.05) is 15.5 Å². The van der Waals surface area contributed by atoms with E-state index in [0.29, 0.717) is 0 Å². The molecule has 2 aromatic rings. The predicted octanol–water partition coefficient (Wildman–Crippen LogP) is 5.53. The first kappa shape index (κ1) is 16.5. The van der Waals surface area contributed by atoms with Crippen LogP contribution >= 0.6 is 27.5 Å². The van der Waals surface area contributed by atoms with Crippen molar-refractivity contribution in [2.45, 2.75) is 25.8 Å². The monoisotopic (exact) mass is 369 g/mol. The molecule has 0 aromatic heterocycles. The molecule has 0 saturated carbocycles. The van der Waals surface area contributed by atoms with E-state index in [1.54, 1.807) is 0 Å². The van der Waals surface area contributed by atoms with Crippen molar-refractivity contribution in [1.82, 2.24) is 5.32 Å². The van der Waals surface area contributed by atoms with Gasteiger partial charge < -0.3 is 5.32 Å². The van der Waals surface area contributed by atoms with Crippen LogP contribution < -0.4 is 5.32 Å². The highest BCUT2D eigenvalue weighted by molar-refractivity contribution is 9.10. The Balaban J connectivity index is 2.21. The Hall–Kier alpha value is -0.900. The maximum absolute atomic E-state index is 13.1. The van der Waals surface area contributed by atoms with Crippen LogP contribution in [0.4, 0.5) is 4.39 Å². The molecule has 0 aliphatic rings. The first-order valence-electron chi connectivity index (χ1n) is 7.03. The zero-order valence-corrected chi connectivity index (χ0v) is 14.2. The van der Waals surface area contributed by atoms with Crippen LogP contribution in [0.15, 0.2) is 46.9 Å². The summed E-state index contributed by atoms with van der Waals surface area (Å²) in [4.78, 5) is 0. The van der Waals surface area contributed by atoms with Crippen LogP contribution in [0, 0.1) is 5.82 Å². The van der Waals surface area contributed by atoms with Crippen LogP contribution in [0.2, 0.25) is 5.02 Å². The summed E-state index contributed by atoms with van der Waals surface area (Å²) in [6, 6.07) is 12.7. The molecule has 2 rings (SSSR count). The van der Waals surface area contributed by atoms with Crippen molar-refractivity contribution < 1.29 is 4.39 Å². The van der Waals surface area contributed by atoms with Crippen molar-refractivity contribution in [2.24, 2.45) is 0 Å². The average molecular weight is 371 g/mol. The molecule has 0 aliphatic carbocycles. The smallest absolute Gasteiger partial charge is 0.123 e. The highest BCUT2D eigenvalue weighted by Crippen LogP contribution is 2.26. The van der Waals surface area contributed by atoms with Gasteiger partial charge in [-0.2, -0.15) is 0 Å². The zero-order chi connectivity index (χ0) is 15.2. The fourth-order valence-corrected chi connectivity index (χ4v) is 2.98. The van der Waals surface area contributed by atoms with Gasteiger partial charge in [-0.1, -0.05) is 52.7 Å². The van der Waals surface area contributed by atoms with Gasteiger partial charge in [0.1, 0.15) is 5.82 Å². The Bertz CT molecular complexity index is 586. The van der Waals surface area contributed by atoms with Crippen LogP contribution in [-0.2, 0) is 6.42 Å². The highest BCUT2D eigenvalue weighted by Gasteiger charge is 2.13. The lowest BCUT2D eigenvalue weighted by atomic mass is 9.98. The van der Waals surface area contributed by atoms with Crippen molar-refractivity contribution in [3.63, 3.8) is 0 Å². The third-order valence-electron chi connectivity index (χ3n) is 3.35. The molecule has 1 nitrogen and oxygen atoms in total. The molecule has 0 heterocycles. The largest absolute Gasteiger partial charge is 0.310 e. The fraction of sp³-hybridized carbons (Fsp3) is 0.294. The molecule has 1 N–H and O–H groups in total. The topological polar surface area (TPSA) is 12.0 Å². The van der Waals surface area contributed by atoms with Crippen LogP contribution in [0.1, 0.15) is 30.5 Å². The first-order chi connectivity index (χ1) is 10.1. The van der Waals surface area contributed by atoms with Gasteiger partial charge in [0.25, 0.3) is 0 Å².